The van der Waals surface area contributed by atoms with Crippen molar-refractivity contribution in [2.45, 2.75) is 110 Å². The van der Waals surface area contributed by atoms with Gasteiger partial charge in [-0.15, -0.1) is 0 Å². The fraction of sp³-hybridized carbons (Fsp3) is 0.714. The Bertz CT molecular complexity index is 1410. The normalized spacial score (nSPS) is 23.5. The number of anilines is 1. The van der Waals surface area contributed by atoms with Crippen molar-refractivity contribution in [1.82, 2.24) is 15.5 Å². The van der Waals surface area contributed by atoms with Crippen LogP contribution in [0, 0.1) is 35.5 Å². The van der Waals surface area contributed by atoms with Crippen molar-refractivity contribution < 1.29 is 38.2 Å². The second kappa shape index (κ2) is 21.5. The summed E-state index contributed by atoms with van der Waals surface area (Å²) in [5.41, 5.74) is 1.67. The van der Waals surface area contributed by atoms with E-state index in [2.05, 4.69) is 16.0 Å². The Morgan fingerprint density at radius 1 is 0.685 bits per heavy atom. The number of nitrogens with one attached hydrogen (secondary N) is 3. The number of ether oxygens (including phenoxy) is 2. The topological polar surface area (TPSA) is 160 Å². The van der Waals surface area contributed by atoms with Crippen molar-refractivity contribution in [2.24, 2.45) is 35.5 Å². The summed E-state index contributed by atoms with van der Waals surface area (Å²) in [5.74, 6) is 0.471. The molecule has 0 aromatic heterocycles. The van der Waals surface area contributed by atoms with Gasteiger partial charge in [0.05, 0.1) is 38.8 Å². The molecule has 12 nitrogen and oxygen atoms in total. The average molecular weight is 751 g/mol. The number of Topliss-reactive ketones (excluding diaryl/α,β-unsaturated/α-hetero) is 1. The van der Waals surface area contributed by atoms with Gasteiger partial charge in [0, 0.05) is 55.9 Å². The summed E-state index contributed by atoms with van der Waals surface area (Å²) in [6, 6.07) is 7.42. The second-order valence-electron chi connectivity index (χ2n) is 15.9. The lowest BCUT2D eigenvalue weighted by Gasteiger charge is -2.30. The van der Waals surface area contributed by atoms with Crippen LogP contribution < -0.4 is 16.0 Å². The molecule has 3 aliphatic carbocycles. The number of imide groups is 1. The number of benzene rings is 1. The Hall–Kier alpha value is -3.64. The van der Waals surface area contributed by atoms with Crippen LogP contribution in [0.4, 0.5) is 5.69 Å². The number of carbonyl (C=O) groups is 6. The zero-order valence-electron chi connectivity index (χ0n) is 32.3. The van der Waals surface area contributed by atoms with Crippen molar-refractivity contribution >= 4 is 41.0 Å². The van der Waals surface area contributed by atoms with E-state index in [9.17, 15) is 28.8 Å². The van der Waals surface area contributed by atoms with Crippen molar-refractivity contribution in [3.05, 3.63) is 29.8 Å². The molecule has 1 aromatic carbocycles. The van der Waals surface area contributed by atoms with Crippen LogP contribution in [-0.4, -0.2) is 86.3 Å². The average Bonchev–Trinajstić information content (AvgIpc) is 3.95. The van der Waals surface area contributed by atoms with E-state index in [0.717, 1.165) is 82.6 Å². The lowest BCUT2D eigenvalue weighted by Crippen LogP contribution is -2.39. The van der Waals surface area contributed by atoms with Crippen molar-refractivity contribution in [1.29, 1.82) is 0 Å². The molecule has 1 aliphatic heterocycles. The summed E-state index contributed by atoms with van der Waals surface area (Å²) < 4.78 is 11.1. The molecule has 5 amide bonds. The molecule has 3 saturated carbocycles. The van der Waals surface area contributed by atoms with Crippen LogP contribution in [0.2, 0.25) is 0 Å². The Kier molecular flexibility index (Phi) is 16.5. The highest BCUT2D eigenvalue weighted by Crippen LogP contribution is 2.41. The molecule has 12 heteroatoms. The second-order valence-corrected chi connectivity index (χ2v) is 15.9. The smallest absolute Gasteiger partial charge is 0.233 e. The van der Waals surface area contributed by atoms with Crippen LogP contribution in [0.25, 0.3) is 0 Å². The molecule has 4 aliphatic rings. The van der Waals surface area contributed by atoms with E-state index in [1.165, 1.54) is 4.90 Å². The molecule has 0 spiro atoms. The van der Waals surface area contributed by atoms with Crippen molar-refractivity contribution in [3.8, 4) is 0 Å². The standard InChI is InChI=1S/C42H62N4O8/c1-29-39(33-8-4-5-9-33)42(52)46(41(29)51)28-31-10-15-34(16-11-31)40(50)44-23-25-54-27-26-53-24-21-38(49)45-35-17-12-30(13-18-35)14-19-37(48)43-22-20-36(47)32-6-2-3-7-32/h12-13,17-18,29,31-34,39H,2-11,14-16,19-28H2,1H3,(H,43,48)(H,44,50)(H,45,49). The van der Waals surface area contributed by atoms with Crippen LogP contribution in [-0.2, 0) is 44.7 Å². The summed E-state index contributed by atoms with van der Waals surface area (Å²) in [7, 11) is 0. The molecule has 0 bridgehead atoms. The molecule has 1 saturated heterocycles. The number of rotatable bonds is 21. The van der Waals surface area contributed by atoms with E-state index in [0.29, 0.717) is 70.3 Å². The predicted octanol–water partition coefficient (Wildman–Crippen LogP) is 4.98. The number of ketones is 1. The van der Waals surface area contributed by atoms with Gasteiger partial charge in [0.1, 0.15) is 5.78 Å². The summed E-state index contributed by atoms with van der Waals surface area (Å²) >= 11 is 0. The van der Waals surface area contributed by atoms with Gasteiger partial charge in [-0.05, 0) is 87.3 Å². The number of hydrogen-bond donors (Lipinski definition) is 3. The zero-order chi connectivity index (χ0) is 38.3. The maximum Gasteiger partial charge on any atom is 0.233 e. The van der Waals surface area contributed by atoms with Crippen LogP contribution in [0.3, 0.4) is 0 Å². The molecular formula is C42H62N4O8. The van der Waals surface area contributed by atoms with Gasteiger partial charge in [0.15, 0.2) is 0 Å². The Morgan fingerprint density at radius 3 is 2.06 bits per heavy atom. The molecule has 54 heavy (non-hydrogen) atoms. The number of aryl methyl sites for hydroxylation is 1. The van der Waals surface area contributed by atoms with E-state index in [-0.39, 0.29) is 77.9 Å². The third kappa shape index (κ3) is 12.4. The SMILES string of the molecule is CC1C(=O)N(CC2CCC(C(=O)NCCOCCOCCC(=O)Nc3ccc(CCC(=O)NCCC(=O)C4CCCC4)cc3)CC2)C(=O)C1C1CCCC1. The molecule has 3 N–H and O–H groups in total. The van der Waals surface area contributed by atoms with E-state index < -0.39 is 0 Å². The number of hydrogen-bond acceptors (Lipinski definition) is 8. The highest BCUT2D eigenvalue weighted by molar-refractivity contribution is 6.05. The molecule has 0 radical (unpaired) electrons. The molecule has 2 unspecified atom stereocenters. The highest BCUT2D eigenvalue weighted by atomic mass is 16.5. The van der Waals surface area contributed by atoms with E-state index in [4.69, 9.17) is 9.47 Å². The number of nitrogens with zero attached hydrogens (tertiary/aromatic N) is 1. The number of amides is 5. The largest absolute Gasteiger partial charge is 0.379 e. The molecular weight excluding hydrogens is 688 g/mol. The quantitative estimate of drug-likeness (QED) is 0.117. The Balaban J connectivity index is 0.833. The lowest BCUT2D eigenvalue weighted by molar-refractivity contribution is -0.141. The first kappa shape index (κ1) is 41.5. The maximum atomic E-state index is 13.2. The van der Waals surface area contributed by atoms with Crippen LogP contribution in [0.1, 0.15) is 109 Å². The van der Waals surface area contributed by atoms with Gasteiger partial charge in [-0.3, -0.25) is 33.7 Å². The minimum Gasteiger partial charge on any atom is -0.379 e. The van der Waals surface area contributed by atoms with E-state index >= 15 is 0 Å². The highest BCUT2D eigenvalue weighted by Gasteiger charge is 2.49. The number of carbonyl (C=O) groups excluding carboxylic acids is 6. The van der Waals surface area contributed by atoms with Gasteiger partial charge >= 0.3 is 0 Å². The summed E-state index contributed by atoms with van der Waals surface area (Å²) in [5, 5.41) is 8.67. The van der Waals surface area contributed by atoms with Gasteiger partial charge in [0.25, 0.3) is 0 Å². The fourth-order valence-electron chi connectivity index (χ4n) is 8.85. The zero-order valence-corrected chi connectivity index (χ0v) is 32.3. The molecule has 5 rings (SSSR count). The van der Waals surface area contributed by atoms with Crippen LogP contribution in [0.5, 0.6) is 0 Å². The van der Waals surface area contributed by atoms with Crippen molar-refractivity contribution in [2.75, 3.05) is 51.4 Å². The molecule has 2 atom stereocenters. The predicted molar refractivity (Wildman–Crippen MR) is 204 cm³/mol. The monoisotopic (exact) mass is 750 g/mol. The Labute approximate surface area is 320 Å². The van der Waals surface area contributed by atoms with Crippen molar-refractivity contribution in [3.63, 3.8) is 0 Å². The van der Waals surface area contributed by atoms with Gasteiger partial charge in [-0.1, -0.05) is 44.7 Å². The minimum absolute atomic E-state index is 0.0108. The third-order valence-electron chi connectivity index (χ3n) is 12.1. The number of likely N-dealkylation sites (tertiary alicyclic amines) is 1. The van der Waals surface area contributed by atoms with Gasteiger partial charge < -0.3 is 25.4 Å². The first-order valence-electron chi connectivity index (χ1n) is 20.7. The third-order valence-corrected chi connectivity index (χ3v) is 12.1. The molecule has 1 heterocycles. The minimum atomic E-state index is -0.212. The first-order chi connectivity index (χ1) is 26.2. The maximum absolute atomic E-state index is 13.2. The van der Waals surface area contributed by atoms with Crippen LogP contribution >= 0.6 is 0 Å². The molecule has 4 fully saturated rings. The fourth-order valence-corrected chi connectivity index (χ4v) is 8.85. The molecule has 298 valence electrons. The summed E-state index contributed by atoms with van der Waals surface area (Å²) in [4.78, 5) is 77.1. The van der Waals surface area contributed by atoms with Gasteiger partial charge in [-0.2, -0.15) is 0 Å². The Morgan fingerprint density at radius 2 is 1.35 bits per heavy atom. The first-order valence-corrected chi connectivity index (χ1v) is 20.7. The molecule has 1 aromatic rings. The van der Waals surface area contributed by atoms with E-state index in [1.54, 1.807) is 0 Å². The van der Waals surface area contributed by atoms with Crippen LogP contribution in [0.15, 0.2) is 24.3 Å². The summed E-state index contributed by atoms with van der Waals surface area (Å²) in [6.07, 6.45) is 13.4. The lowest BCUT2D eigenvalue weighted by atomic mass is 9.81. The van der Waals surface area contributed by atoms with Gasteiger partial charge in [0.2, 0.25) is 29.5 Å². The van der Waals surface area contributed by atoms with E-state index in [1.807, 2.05) is 31.2 Å². The van der Waals surface area contributed by atoms with Gasteiger partial charge in [-0.25, -0.2) is 0 Å². The summed E-state index contributed by atoms with van der Waals surface area (Å²) in [6.45, 7) is 4.54.